The second-order valence-corrected chi connectivity index (χ2v) is 5.59. The van der Waals surface area contributed by atoms with Crippen LogP contribution in [0, 0.1) is 0 Å². The molecule has 1 aromatic rings. The number of methoxy groups -OCH3 is 1. The van der Waals surface area contributed by atoms with Gasteiger partial charge in [-0.05, 0) is 12.1 Å². The highest BCUT2D eigenvalue weighted by Gasteiger charge is 2.19. The number of anilines is 2. The van der Waals surface area contributed by atoms with Gasteiger partial charge in [-0.3, -0.25) is 4.79 Å². The second kappa shape index (κ2) is 8.03. The molecule has 0 aromatic heterocycles. The monoisotopic (exact) mass is 323 g/mol. The molecule has 7 heteroatoms. The number of ether oxygens (including phenoxy) is 1. The molecule has 0 saturated carbocycles. The average molecular weight is 323 g/mol. The van der Waals surface area contributed by atoms with Gasteiger partial charge < -0.3 is 30.1 Å². The fraction of sp³-hybridized carbons (Fsp3) is 0.562. The Balaban J connectivity index is 2.02. The van der Waals surface area contributed by atoms with Gasteiger partial charge in [0.25, 0.3) is 0 Å². The lowest BCUT2D eigenvalue weighted by Crippen LogP contribution is -2.48. The van der Waals surface area contributed by atoms with Crippen LogP contribution in [0.4, 0.5) is 11.4 Å². The van der Waals surface area contributed by atoms with Crippen molar-refractivity contribution in [3.05, 3.63) is 18.2 Å². The molecular formula is C16H25N3O4. The van der Waals surface area contributed by atoms with Gasteiger partial charge in [0.15, 0.2) is 0 Å². The van der Waals surface area contributed by atoms with E-state index in [4.69, 9.17) is 9.84 Å². The Bertz CT molecular complexity index is 530. The molecule has 1 aliphatic rings. The van der Waals surface area contributed by atoms with Crippen molar-refractivity contribution in [3.63, 3.8) is 0 Å². The van der Waals surface area contributed by atoms with Crippen LogP contribution < -0.4 is 15.0 Å². The zero-order valence-electron chi connectivity index (χ0n) is 13.7. The van der Waals surface area contributed by atoms with E-state index in [-0.39, 0.29) is 19.1 Å². The summed E-state index contributed by atoms with van der Waals surface area (Å²) in [6.07, 6.45) is -0.806. The van der Waals surface area contributed by atoms with Gasteiger partial charge in [-0.25, -0.2) is 0 Å². The molecule has 1 aromatic carbocycles. The standard InChI is InChI=1S/C16H25N3O4/c1-12(21)18-5-7-19(8-6-18)13-3-4-15(16(9-13)23-2)17-10-14(22)11-20/h3-4,9,14,17,20,22H,5-8,10-11H2,1-2H3. The van der Waals surface area contributed by atoms with E-state index >= 15 is 0 Å². The number of amides is 1. The highest BCUT2D eigenvalue weighted by molar-refractivity contribution is 5.73. The van der Waals surface area contributed by atoms with Crippen molar-refractivity contribution in [3.8, 4) is 5.75 Å². The number of hydrogen-bond donors (Lipinski definition) is 3. The molecule has 1 heterocycles. The zero-order chi connectivity index (χ0) is 16.8. The third-order valence-electron chi connectivity index (χ3n) is 4.01. The first-order valence-corrected chi connectivity index (χ1v) is 7.76. The molecule has 1 fully saturated rings. The first kappa shape index (κ1) is 17.4. The fourth-order valence-corrected chi connectivity index (χ4v) is 2.59. The van der Waals surface area contributed by atoms with Crippen molar-refractivity contribution < 1.29 is 19.7 Å². The molecule has 2 rings (SSSR count). The van der Waals surface area contributed by atoms with Crippen molar-refractivity contribution in [1.82, 2.24) is 4.90 Å². The summed E-state index contributed by atoms with van der Waals surface area (Å²) in [5, 5.41) is 21.3. The highest BCUT2D eigenvalue weighted by atomic mass is 16.5. The predicted molar refractivity (Wildman–Crippen MR) is 89.0 cm³/mol. The molecule has 1 unspecified atom stereocenters. The van der Waals surface area contributed by atoms with Gasteiger partial charge in [-0.1, -0.05) is 0 Å². The molecule has 1 aliphatic heterocycles. The fourth-order valence-electron chi connectivity index (χ4n) is 2.59. The number of carbonyl (C=O) groups is 1. The minimum absolute atomic E-state index is 0.115. The number of aliphatic hydroxyl groups is 2. The smallest absolute Gasteiger partial charge is 0.219 e. The lowest BCUT2D eigenvalue weighted by molar-refractivity contribution is -0.129. The summed E-state index contributed by atoms with van der Waals surface area (Å²) < 4.78 is 5.40. The van der Waals surface area contributed by atoms with Gasteiger partial charge in [-0.2, -0.15) is 0 Å². The summed E-state index contributed by atoms with van der Waals surface area (Å²) in [6.45, 7) is 4.59. The van der Waals surface area contributed by atoms with Crippen molar-refractivity contribution in [2.45, 2.75) is 13.0 Å². The molecule has 1 atom stereocenters. The van der Waals surface area contributed by atoms with E-state index in [0.29, 0.717) is 5.75 Å². The average Bonchev–Trinajstić information content (AvgIpc) is 2.59. The molecule has 7 nitrogen and oxygen atoms in total. The molecule has 1 saturated heterocycles. The maximum atomic E-state index is 11.4. The van der Waals surface area contributed by atoms with Crippen LogP contribution >= 0.6 is 0 Å². The summed E-state index contributed by atoms with van der Waals surface area (Å²) in [6, 6.07) is 5.83. The molecule has 0 spiro atoms. The molecular weight excluding hydrogens is 298 g/mol. The van der Waals surface area contributed by atoms with Crippen LogP contribution in [0.15, 0.2) is 18.2 Å². The molecule has 23 heavy (non-hydrogen) atoms. The van der Waals surface area contributed by atoms with Gasteiger partial charge in [-0.15, -0.1) is 0 Å². The van der Waals surface area contributed by atoms with Crippen LogP contribution in [0.1, 0.15) is 6.92 Å². The maximum Gasteiger partial charge on any atom is 0.219 e. The largest absolute Gasteiger partial charge is 0.495 e. The van der Waals surface area contributed by atoms with E-state index in [9.17, 15) is 9.90 Å². The molecule has 128 valence electrons. The zero-order valence-corrected chi connectivity index (χ0v) is 13.7. The van der Waals surface area contributed by atoms with Crippen LogP contribution in [0.5, 0.6) is 5.75 Å². The Morgan fingerprint density at radius 2 is 2.04 bits per heavy atom. The van der Waals surface area contributed by atoms with Crippen LogP contribution in [0.2, 0.25) is 0 Å². The number of rotatable bonds is 6. The quantitative estimate of drug-likeness (QED) is 0.690. The Labute approximate surface area is 136 Å². The third kappa shape index (κ3) is 4.49. The van der Waals surface area contributed by atoms with Gasteiger partial charge in [0.2, 0.25) is 5.91 Å². The Hall–Kier alpha value is -1.99. The summed E-state index contributed by atoms with van der Waals surface area (Å²) in [7, 11) is 1.60. The van der Waals surface area contributed by atoms with Crippen LogP contribution in [0.25, 0.3) is 0 Å². The Morgan fingerprint density at radius 3 is 2.61 bits per heavy atom. The van der Waals surface area contributed by atoms with Crippen molar-refractivity contribution in [2.75, 3.05) is 56.7 Å². The minimum atomic E-state index is -0.806. The Morgan fingerprint density at radius 1 is 1.35 bits per heavy atom. The first-order chi connectivity index (χ1) is 11.0. The third-order valence-corrected chi connectivity index (χ3v) is 4.01. The van der Waals surface area contributed by atoms with Crippen LogP contribution in [0.3, 0.4) is 0 Å². The van der Waals surface area contributed by atoms with Gasteiger partial charge >= 0.3 is 0 Å². The van der Waals surface area contributed by atoms with Gasteiger partial charge in [0.05, 0.1) is 25.5 Å². The van der Waals surface area contributed by atoms with E-state index in [0.717, 1.165) is 37.6 Å². The number of carbonyl (C=O) groups excluding carboxylic acids is 1. The molecule has 0 bridgehead atoms. The SMILES string of the molecule is COc1cc(N2CCN(C(C)=O)CC2)ccc1NCC(O)CO. The van der Waals surface area contributed by atoms with E-state index in [2.05, 4.69) is 10.2 Å². The lowest BCUT2D eigenvalue weighted by Gasteiger charge is -2.35. The summed E-state index contributed by atoms with van der Waals surface area (Å²) in [5.74, 6) is 0.797. The topological polar surface area (TPSA) is 85.3 Å². The van der Waals surface area contributed by atoms with Gasteiger partial charge in [0, 0.05) is 51.4 Å². The van der Waals surface area contributed by atoms with E-state index in [1.54, 1.807) is 14.0 Å². The predicted octanol–water partition coefficient (Wildman–Crippen LogP) is 0.129. The number of nitrogens with zero attached hydrogens (tertiary/aromatic N) is 2. The van der Waals surface area contributed by atoms with Crippen molar-refractivity contribution in [1.29, 1.82) is 0 Å². The molecule has 0 radical (unpaired) electrons. The number of nitrogens with one attached hydrogen (secondary N) is 1. The van der Waals surface area contributed by atoms with E-state index < -0.39 is 6.10 Å². The maximum absolute atomic E-state index is 11.4. The van der Waals surface area contributed by atoms with Crippen molar-refractivity contribution >= 4 is 17.3 Å². The van der Waals surface area contributed by atoms with E-state index in [1.165, 1.54) is 0 Å². The molecule has 1 amide bonds. The highest BCUT2D eigenvalue weighted by Crippen LogP contribution is 2.30. The van der Waals surface area contributed by atoms with Gasteiger partial charge in [0.1, 0.15) is 5.75 Å². The summed E-state index contributed by atoms with van der Waals surface area (Å²) >= 11 is 0. The number of hydrogen-bond acceptors (Lipinski definition) is 6. The lowest BCUT2D eigenvalue weighted by atomic mass is 10.2. The normalized spacial score (nSPS) is 16.2. The van der Waals surface area contributed by atoms with Crippen molar-refractivity contribution in [2.24, 2.45) is 0 Å². The van der Waals surface area contributed by atoms with Crippen LogP contribution in [-0.4, -0.2) is 73.6 Å². The van der Waals surface area contributed by atoms with Crippen LogP contribution in [-0.2, 0) is 4.79 Å². The summed E-state index contributed by atoms with van der Waals surface area (Å²) in [5.41, 5.74) is 1.81. The number of benzene rings is 1. The summed E-state index contributed by atoms with van der Waals surface area (Å²) in [4.78, 5) is 15.4. The minimum Gasteiger partial charge on any atom is -0.495 e. The molecule has 0 aliphatic carbocycles. The number of piperazine rings is 1. The number of aliphatic hydroxyl groups excluding tert-OH is 2. The Kier molecular flexibility index (Phi) is 6.06. The second-order valence-electron chi connectivity index (χ2n) is 5.59. The first-order valence-electron chi connectivity index (χ1n) is 7.76. The van der Waals surface area contributed by atoms with E-state index in [1.807, 2.05) is 23.1 Å². The molecule has 3 N–H and O–H groups in total.